The topological polar surface area (TPSA) is 9.86 Å². The van der Waals surface area contributed by atoms with Crippen molar-refractivity contribution in [2.24, 2.45) is 0 Å². The van der Waals surface area contributed by atoms with E-state index in [-0.39, 0.29) is 46.0 Å². The molecule has 38 heavy (non-hydrogen) atoms. The van der Waals surface area contributed by atoms with Crippen molar-refractivity contribution >= 4 is 43.6 Å². The van der Waals surface area contributed by atoms with E-state index in [0.717, 1.165) is 38.6 Å². The lowest BCUT2D eigenvalue weighted by Crippen LogP contribution is -1.96. The van der Waals surface area contributed by atoms with E-state index in [2.05, 4.69) is 4.57 Å². The van der Waals surface area contributed by atoms with Gasteiger partial charge in [0.15, 0.2) is 0 Å². The van der Waals surface area contributed by atoms with Crippen molar-refractivity contribution in [3.05, 3.63) is 145 Å². The Kier molecular flexibility index (Phi) is 3.03. The number of benzene rings is 6. The van der Waals surface area contributed by atoms with Gasteiger partial charge in [0.25, 0.3) is 0 Å². The summed E-state index contributed by atoms with van der Waals surface area (Å²) in [6.45, 7) is 0. The molecule has 178 valence electrons. The van der Waals surface area contributed by atoms with Gasteiger partial charge in [0.05, 0.1) is 40.1 Å². The summed E-state index contributed by atoms with van der Waals surface area (Å²) >= 11 is 0. The fourth-order valence-corrected chi connectivity index (χ4v) is 5.51. The van der Waals surface area contributed by atoms with Crippen molar-refractivity contribution in [2.45, 2.75) is 0 Å². The number of para-hydroxylation sites is 3. The van der Waals surface area contributed by atoms with Gasteiger partial charge >= 0.3 is 0 Å². The van der Waals surface area contributed by atoms with Crippen LogP contribution in [0.3, 0.4) is 0 Å². The Morgan fingerprint density at radius 2 is 1.05 bits per heavy atom. The zero-order valence-electron chi connectivity index (χ0n) is 29.1. The fraction of sp³-hybridized carbons (Fsp3) is 0. The first-order valence-corrected chi connectivity index (χ1v) is 12.3. The van der Waals surface area contributed by atoms with Gasteiger partial charge in [0.1, 0.15) is 0 Å². The lowest BCUT2D eigenvalue weighted by Gasteiger charge is -2.12. The van der Waals surface area contributed by atoms with Gasteiger partial charge in [0.2, 0.25) is 0 Å². The summed E-state index contributed by atoms with van der Waals surface area (Å²) in [5.74, 6) is 0. The second-order valence-electron chi connectivity index (χ2n) is 9.14. The van der Waals surface area contributed by atoms with Crippen LogP contribution in [0.5, 0.6) is 0 Å². The molecule has 2 nitrogen and oxygen atoms in total. The summed E-state index contributed by atoms with van der Waals surface area (Å²) < 4.78 is 80.8. The Morgan fingerprint density at radius 1 is 0.421 bits per heavy atom. The minimum Gasteiger partial charge on any atom is -0.309 e. The smallest absolute Gasteiger partial charge is 0.0645 e. The molecule has 0 aliphatic rings. The van der Waals surface area contributed by atoms with Gasteiger partial charge in [0, 0.05) is 27.2 Å². The monoisotopic (exact) mass is 493 g/mol. The van der Waals surface area contributed by atoms with E-state index < -0.39 is 24.2 Å². The second-order valence-corrected chi connectivity index (χ2v) is 9.14. The minimum atomic E-state index is -0.470. The Hall–Kier alpha value is -5.08. The van der Waals surface area contributed by atoms with Crippen LogP contribution in [0.4, 0.5) is 0 Å². The standard InChI is InChI=1S/C36H24N2/c1-2-11-25(12-3-1)26-21-23-27(24-22-26)37-33-18-9-6-15-30(33)36-34(37)19-10-20-35(36)38-31-16-7-4-13-28(31)29-14-5-8-17-32(29)38/h1-24H/i1D,4D,5D,7D,8D,13D,14D,16D,17D. The third-order valence-corrected chi connectivity index (χ3v) is 7.13. The van der Waals surface area contributed by atoms with Crippen LogP contribution < -0.4 is 0 Å². The van der Waals surface area contributed by atoms with Gasteiger partial charge in [-0.3, -0.25) is 0 Å². The highest BCUT2D eigenvalue weighted by Gasteiger charge is 2.19. The molecule has 2 aromatic heterocycles. The van der Waals surface area contributed by atoms with Gasteiger partial charge in [-0.05, 0) is 53.5 Å². The molecule has 8 rings (SSSR count). The first-order valence-electron chi connectivity index (χ1n) is 16.8. The summed E-state index contributed by atoms with van der Waals surface area (Å²) in [6.07, 6.45) is 0. The Bertz CT molecular complexity index is 2520. The van der Waals surface area contributed by atoms with Crippen molar-refractivity contribution < 1.29 is 12.3 Å². The average Bonchev–Trinajstić information content (AvgIpc) is 3.63. The molecule has 0 N–H and O–H groups in total. The van der Waals surface area contributed by atoms with E-state index in [1.807, 2.05) is 78.9 Å². The zero-order chi connectivity index (χ0) is 32.9. The van der Waals surface area contributed by atoms with Crippen molar-refractivity contribution in [2.75, 3.05) is 0 Å². The number of aromatic nitrogens is 2. The summed E-state index contributed by atoms with van der Waals surface area (Å²) in [7, 11) is 0. The van der Waals surface area contributed by atoms with Gasteiger partial charge in [-0.2, -0.15) is 0 Å². The van der Waals surface area contributed by atoms with E-state index in [0.29, 0.717) is 11.7 Å². The van der Waals surface area contributed by atoms with Crippen LogP contribution in [-0.2, 0) is 0 Å². The summed E-state index contributed by atoms with van der Waals surface area (Å²) in [6, 6.07) is 26.2. The van der Waals surface area contributed by atoms with Crippen LogP contribution in [0.15, 0.2) is 145 Å². The Labute approximate surface area is 233 Å². The zero-order valence-corrected chi connectivity index (χ0v) is 20.1. The van der Waals surface area contributed by atoms with Crippen LogP contribution in [0.1, 0.15) is 12.3 Å². The molecule has 0 aliphatic carbocycles. The second kappa shape index (κ2) is 8.22. The van der Waals surface area contributed by atoms with E-state index in [1.54, 1.807) is 16.7 Å². The molecule has 0 saturated heterocycles. The average molecular weight is 494 g/mol. The molecule has 0 fully saturated rings. The van der Waals surface area contributed by atoms with Gasteiger partial charge < -0.3 is 9.13 Å². The summed E-state index contributed by atoms with van der Waals surface area (Å²) in [5, 5.41) is 1.72. The molecule has 0 radical (unpaired) electrons. The summed E-state index contributed by atoms with van der Waals surface area (Å²) in [4.78, 5) is 0. The van der Waals surface area contributed by atoms with Gasteiger partial charge in [-0.25, -0.2) is 0 Å². The lowest BCUT2D eigenvalue weighted by atomic mass is 10.1. The molecule has 8 aromatic rings. The van der Waals surface area contributed by atoms with Crippen LogP contribution in [0.2, 0.25) is 0 Å². The van der Waals surface area contributed by atoms with Gasteiger partial charge in [-0.15, -0.1) is 0 Å². The van der Waals surface area contributed by atoms with E-state index in [1.165, 1.54) is 0 Å². The molecule has 0 atom stereocenters. The largest absolute Gasteiger partial charge is 0.309 e. The molecule has 0 saturated carbocycles. The lowest BCUT2D eigenvalue weighted by molar-refractivity contribution is 1.17. The third-order valence-electron chi connectivity index (χ3n) is 7.13. The van der Waals surface area contributed by atoms with Crippen molar-refractivity contribution in [1.82, 2.24) is 9.13 Å². The molecular weight excluding hydrogens is 460 g/mol. The molecule has 0 unspecified atom stereocenters. The van der Waals surface area contributed by atoms with Crippen LogP contribution in [0.25, 0.3) is 66.1 Å². The predicted molar refractivity (Wildman–Crippen MR) is 161 cm³/mol. The molecule has 6 aromatic carbocycles. The van der Waals surface area contributed by atoms with Gasteiger partial charge in [-0.1, -0.05) is 103 Å². The maximum Gasteiger partial charge on any atom is 0.0645 e. The molecule has 0 bridgehead atoms. The maximum absolute atomic E-state index is 8.97. The Morgan fingerprint density at radius 3 is 1.79 bits per heavy atom. The number of fused-ring (bicyclic) bond motifs is 6. The Balaban J connectivity index is 1.50. The molecular formula is C36H24N2. The number of rotatable bonds is 3. The fourth-order valence-electron chi connectivity index (χ4n) is 5.51. The maximum atomic E-state index is 8.97. The third kappa shape index (κ3) is 3.01. The van der Waals surface area contributed by atoms with Crippen LogP contribution >= 0.6 is 0 Å². The molecule has 2 heteroatoms. The van der Waals surface area contributed by atoms with Crippen molar-refractivity contribution in [3.8, 4) is 22.5 Å². The predicted octanol–water partition coefficient (Wildman–Crippen LogP) is 9.55. The van der Waals surface area contributed by atoms with Crippen molar-refractivity contribution in [1.29, 1.82) is 0 Å². The molecule has 0 spiro atoms. The van der Waals surface area contributed by atoms with E-state index in [4.69, 9.17) is 12.3 Å². The SMILES string of the molecule is [2H]c1ccc(-c2ccc(-n3c4ccccc4c4c(-n5c6c([2H])c([2H])c([2H])c([2H])c6c6c([2H])c([2H])c([2H])c([2H])c65)cccc43)cc2)cc1. The molecule has 0 aliphatic heterocycles. The highest BCUT2D eigenvalue weighted by atomic mass is 15.0. The van der Waals surface area contributed by atoms with Crippen LogP contribution in [0, 0.1) is 0 Å². The minimum absolute atomic E-state index is 0.0489. The number of hydrogen-bond acceptors (Lipinski definition) is 0. The van der Waals surface area contributed by atoms with Crippen LogP contribution in [-0.4, -0.2) is 9.13 Å². The van der Waals surface area contributed by atoms with E-state index >= 15 is 0 Å². The normalized spacial score (nSPS) is 15.0. The first kappa shape index (κ1) is 14.0. The molecule has 2 heterocycles. The first-order chi connectivity index (χ1) is 22.6. The molecule has 0 amide bonds. The van der Waals surface area contributed by atoms with E-state index in [9.17, 15) is 0 Å². The quantitative estimate of drug-likeness (QED) is 0.232. The highest BCUT2D eigenvalue weighted by molar-refractivity contribution is 6.16. The van der Waals surface area contributed by atoms with Crippen molar-refractivity contribution in [3.63, 3.8) is 0 Å². The number of nitrogens with zero attached hydrogens (tertiary/aromatic N) is 2. The number of hydrogen-bond donors (Lipinski definition) is 0. The summed E-state index contributed by atoms with van der Waals surface area (Å²) in [5.41, 5.74) is 5.30. The highest BCUT2D eigenvalue weighted by Crippen LogP contribution is 2.39.